The summed E-state index contributed by atoms with van der Waals surface area (Å²) in [7, 11) is 0.120. The third-order valence-corrected chi connectivity index (χ3v) is 0. The van der Waals surface area contributed by atoms with Crippen molar-refractivity contribution < 1.29 is 0 Å². The summed E-state index contributed by atoms with van der Waals surface area (Å²) < 4.78 is 0. The van der Waals surface area contributed by atoms with Crippen molar-refractivity contribution in [3.63, 3.8) is 0 Å². The maximum Gasteiger partial charge on any atom is 0.316 e. The van der Waals surface area contributed by atoms with Crippen LogP contribution in [0, 0.1) is 0 Å². The number of hydrogen-bond donors (Lipinski definition) is 0. The van der Waals surface area contributed by atoms with Crippen LogP contribution in [0.15, 0.2) is 0 Å². The van der Waals surface area contributed by atoms with E-state index in [1.54, 1.807) is 0 Å². The first-order chi connectivity index (χ1) is 1.73. The van der Waals surface area contributed by atoms with E-state index in [0.717, 1.165) is 0 Å². The van der Waals surface area contributed by atoms with Crippen LogP contribution in [0.5, 0.6) is 0 Å². The molecule has 1 radical (unpaired) electrons. The molecule has 0 nitrogen and oxygen atoms in total. The molecule has 0 unspecified atom stereocenters. The molecule has 0 saturated heterocycles. The van der Waals surface area contributed by atoms with E-state index in [2.05, 4.69) is 19.6 Å². The molecule has 0 aromatic heterocycles. The van der Waals surface area contributed by atoms with Crippen molar-refractivity contribution in [2.24, 2.45) is 0 Å². The standard InChI is InChI=1S/C3H9Si.Mg.2H/c1-4(2)3;;;/h1-3H3;;;. The lowest BCUT2D eigenvalue weighted by atomic mass is 11.8. The van der Waals surface area contributed by atoms with E-state index in [4.69, 9.17) is 0 Å². The van der Waals surface area contributed by atoms with Crippen LogP contribution < -0.4 is 0 Å². The van der Waals surface area contributed by atoms with Gasteiger partial charge in [-0.25, -0.2) is 0 Å². The second-order valence-electron chi connectivity index (χ2n) is 1.50. The van der Waals surface area contributed by atoms with Gasteiger partial charge in [-0.05, 0) is 0 Å². The van der Waals surface area contributed by atoms with Crippen molar-refractivity contribution in [3.8, 4) is 0 Å². The largest absolute Gasteiger partial charge is 0.316 e. The smallest absolute Gasteiger partial charge is 0.0715 e. The molecule has 0 aromatic carbocycles. The monoisotopic (exact) mass is 99.0 g/mol. The Bertz CT molecular complexity index is 11.6. The molecule has 0 atom stereocenters. The zero-order chi connectivity index (χ0) is 3.58. The number of hydrogen-bond acceptors (Lipinski definition) is 0. The Morgan fingerprint density at radius 2 is 1.00 bits per heavy atom. The van der Waals surface area contributed by atoms with Crippen LogP contribution in [0.1, 0.15) is 0 Å². The van der Waals surface area contributed by atoms with Gasteiger partial charge in [0, 0.05) is 8.80 Å². The lowest BCUT2D eigenvalue weighted by Crippen LogP contribution is -1.84. The van der Waals surface area contributed by atoms with Crippen LogP contribution >= 0.6 is 0 Å². The van der Waals surface area contributed by atoms with E-state index in [-0.39, 0.29) is 31.8 Å². The molecule has 0 fully saturated rings. The Morgan fingerprint density at radius 1 is 1.00 bits per heavy atom. The van der Waals surface area contributed by atoms with Gasteiger partial charge in [0.25, 0.3) is 0 Å². The molecule has 0 rings (SSSR count). The SMILES string of the molecule is C[Si](C)C.[MgH2]. The predicted octanol–water partition coefficient (Wildman–Crippen LogP) is 0.454. The van der Waals surface area contributed by atoms with Gasteiger partial charge in [0.2, 0.25) is 0 Å². The van der Waals surface area contributed by atoms with Crippen LogP contribution in [0.25, 0.3) is 0 Å². The maximum absolute atomic E-state index is 2.27. The molecule has 0 aliphatic heterocycles. The molecule has 0 aliphatic rings. The van der Waals surface area contributed by atoms with Gasteiger partial charge in [-0.2, -0.15) is 0 Å². The summed E-state index contributed by atoms with van der Waals surface area (Å²) in [6.45, 7) is 6.81. The molecule has 0 N–H and O–H groups in total. The first kappa shape index (κ1) is 9.36. The minimum Gasteiger partial charge on any atom is -0.0715 e. The molecular formula is C3H11MgSi. The van der Waals surface area contributed by atoms with Gasteiger partial charge in [0.15, 0.2) is 0 Å². The minimum absolute atomic E-state index is 0. The highest BCUT2D eigenvalue weighted by Gasteiger charge is 1.72. The summed E-state index contributed by atoms with van der Waals surface area (Å²) in [4.78, 5) is 0. The molecule has 0 amide bonds. The summed E-state index contributed by atoms with van der Waals surface area (Å²) in [5, 5.41) is 0. The van der Waals surface area contributed by atoms with Crippen molar-refractivity contribution in [1.29, 1.82) is 0 Å². The topological polar surface area (TPSA) is 0 Å². The van der Waals surface area contributed by atoms with Gasteiger partial charge in [-0.15, -0.1) is 0 Å². The molecule has 0 aromatic rings. The van der Waals surface area contributed by atoms with E-state index >= 15 is 0 Å². The summed E-state index contributed by atoms with van der Waals surface area (Å²) in [6.07, 6.45) is 0. The van der Waals surface area contributed by atoms with Crippen molar-refractivity contribution in [1.82, 2.24) is 0 Å². The second-order valence-corrected chi connectivity index (χ2v) is 4.50. The maximum atomic E-state index is 2.27. The number of rotatable bonds is 0. The molecule has 0 saturated carbocycles. The fraction of sp³-hybridized carbons (Fsp3) is 1.00. The fourth-order valence-electron chi connectivity index (χ4n) is 0. The normalized spacial score (nSPS) is 7.20. The minimum atomic E-state index is 0. The van der Waals surface area contributed by atoms with Gasteiger partial charge >= 0.3 is 23.1 Å². The van der Waals surface area contributed by atoms with E-state index in [9.17, 15) is 0 Å². The zero-order valence-corrected chi connectivity index (χ0v) is 4.50. The highest BCUT2D eigenvalue weighted by Crippen LogP contribution is 1.68. The Balaban J connectivity index is 0. The van der Waals surface area contributed by atoms with Crippen molar-refractivity contribution >= 4 is 31.8 Å². The molecule has 29 valence electrons. The van der Waals surface area contributed by atoms with Gasteiger partial charge in [-0.1, -0.05) is 19.6 Å². The van der Waals surface area contributed by atoms with E-state index in [1.807, 2.05) is 0 Å². The van der Waals surface area contributed by atoms with Crippen LogP contribution in [0.2, 0.25) is 19.6 Å². The Kier molecular flexibility index (Phi) is 9.33. The van der Waals surface area contributed by atoms with Gasteiger partial charge in [0.05, 0.1) is 0 Å². The predicted molar refractivity (Wildman–Crippen MR) is 31.9 cm³/mol. The molecule has 2 heteroatoms. The molecule has 0 spiro atoms. The van der Waals surface area contributed by atoms with Crippen LogP contribution in [-0.4, -0.2) is 31.8 Å². The summed E-state index contributed by atoms with van der Waals surface area (Å²) in [5.74, 6) is 0. The molecule has 0 heterocycles. The third-order valence-electron chi connectivity index (χ3n) is 0. The zero-order valence-electron chi connectivity index (χ0n) is 3.50. The highest BCUT2D eigenvalue weighted by molar-refractivity contribution is 6.54. The Morgan fingerprint density at radius 3 is 1.00 bits per heavy atom. The molecular weight excluding hydrogens is 88.4 g/mol. The average Bonchev–Trinajstić information content (AvgIpc) is 0.811. The van der Waals surface area contributed by atoms with Gasteiger partial charge in [-0.3, -0.25) is 0 Å². The van der Waals surface area contributed by atoms with E-state index < -0.39 is 0 Å². The van der Waals surface area contributed by atoms with Crippen molar-refractivity contribution in [3.05, 3.63) is 0 Å². The lowest BCUT2D eigenvalue weighted by Gasteiger charge is -1.75. The third kappa shape index (κ3) is 45.9. The Labute approximate surface area is 51.7 Å². The average molecular weight is 99.5 g/mol. The quantitative estimate of drug-likeness (QED) is 0.387. The van der Waals surface area contributed by atoms with Crippen LogP contribution in [0.3, 0.4) is 0 Å². The summed E-state index contributed by atoms with van der Waals surface area (Å²) in [5.41, 5.74) is 0. The van der Waals surface area contributed by atoms with Crippen LogP contribution in [-0.2, 0) is 0 Å². The summed E-state index contributed by atoms with van der Waals surface area (Å²) in [6, 6.07) is 0. The molecule has 0 aliphatic carbocycles. The summed E-state index contributed by atoms with van der Waals surface area (Å²) >= 11 is 0. The first-order valence-corrected chi connectivity index (χ1v) is 4.50. The first-order valence-electron chi connectivity index (χ1n) is 1.50. The Hall–Kier alpha value is 0.983. The van der Waals surface area contributed by atoms with Crippen molar-refractivity contribution in [2.45, 2.75) is 19.6 Å². The van der Waals surface area contributed by atoms with Gasteiger partial charge in [0.1, 0.15) is 0 Å². The highest BCUT2D eigenvalue weighted by atomic mass is 28.3. The van der Waals surface area contributed by atoms with E-state index in [1.165, 1.54) is 0 Å². The second kappa shape index (κ2) is 4.98. The molecule has 5 heavy (non-hydrogen) atoms. The van der Waals surface area contributed by atoms with Crippen molar-refractivity contribution in [2.75, 3.05) is 0 Å². The molecule has 0 bridgehead atoms. The van der Waals surface area contributed by atoms with Gasteiger partial charge < -0.3 is 0 Å². The fourth-order valence-corrected chi connectivity index (χ4v) is 0. The van der Waals surface area contributed by atoms with E-state index in [0.29, 0.717) is 0 Å². The van der Waals surface area contributed by atoms with Crippen LogP contribution in [0.4, 0.5) is 0 Å². The lowest BCUT2D eigenvalue weighted by molar-refractivity contribution is 1.91.